The topological polar surface area (TPSA) is 82.5 Å². The van der Waals surface area contributed by atoms with E-state index in [9.17, 15) is 9.59 Å². The van der Waals surface area contributed by atoms with Crippen LogP contribution in [-0.4, -0.2) is 40.2 Å². The van der Waals surface area contributed by atoms with Crippen molar-refractivity contribution in [3.8, 4) is 16.8 Å². The molecule has 7 nitrogen and oxygen atoms in total. The van der Waals surface area contributed by atoms with Crippen molar-refractivity contribution in [2.24, 2.45) is 0 Å². The summed E-state index contributed by atoms with van der Waals surface area (Å²) in [5.74, 6) is 0.231. The van der Waals surface area contributed by atoms with Gasteiger partial charge in [0.05, 0.1) is 23.6 Å². The Bertz CT molecular complexity index is 1270. The molecule has 36 heavy (non-hydrogen) atoms. The van der Waals surface area contributed by atoms with Crippen LogP contribution in [0.1, 0.15) is 69.1 Å². The highest BCUT2D eigenvalue weighted by Gasteiger charge is 2.44. The second kappa shape index (κ2) is 9.90. The van der Waals surface area contributed by atoms with Crippen LogP contribution in [0.5, 0.6) is 0 Å². The SMILES string of the molecule is CCOC(=O)C1(C)NCCc2nc(CC)n(-c3ccc(-c4ccccc4C(=O)OC(C)(C)C)cc3)c21. The van der Waals surface area contributed by atoms with Gasteiger partial charge in [0.15, 0.2) is 5.54 Å². The summed E-state index contributed by atoms with van der Waals surface area (Å²) in [6.07, 6.45) is 1.46. The molecule has 4 rings (SSSR count). The number of carbonyl (C=O) groups is 2. The lowest BCUT2D eigenvalue weighted by molar-refractivity contribution is -0.151. The number of aromatic nitrogens is 2. The summed E-state index contributed by atoms with van der Waals surface area (Å²) >= 11 is 0. The zero-order chi connectivity index (χ0) is 26.1. The third-order valence-corrected chi connectivity index (χ3v) is 6.32. The fraction of sp³-hybridized carbons (Fsp3) is 0.414. The molecule has 0 saturated heterocycles. The van der Waals surface area contributed by atoms with Gasteiger partial charge in [-0.3, -0.25) is 9.88 Å². The van der Waals surface area contributed by atoms with Gasteiger partial charge in [-0.2, -0.15) is 0 Å². The van der Waals surface area contributed by atoms with Crippen LogP contribution in [0.4, 0.5) is 0 Å². The van der Waals surface area contributed by atoms with Gasteiger partial charge in [-0.1, -0.05) is 37.3 Å². The van der Waals surface area contributed by atoms with Crippen molar-refractivity contribution >= 4 is 11.9 Å². The number of rotatable bonds is 6. The number of benzene rings is 2. The number of esters is 2. The summed E-state index contributed by atoms with van der Waals surface area (Å²) in [5, 5.41) is 3.37. The molecule has 1 atom stereocenters. The van der Waals surface area contributed by atoms with Crippen LogP contribution >= 0.6 is 0 Å². The van der Waals surface area contributed by atoms with Crippen molar-refractivity contribution in [3.63, 3.8) is 0 Å². The molecule has 7 heteroatoms. The Balaban J connectivity index is 1.77. The number of nitrogens with one attached hydrogen (secondary N) is 1. The normalized spacial score (nSPS) is 17.4. The molecule has 0 spiro atoms. The Morgan fingerprint density at radius 2 is 1.78 bits per heavy atom. The summed E-state index contributed by atoms with van der Waals surface area (Å²) in [5.41, 5.74) is 3.30. The first-order chi connectivity index (χ1) is 17.1. The fourth-order valence-electron chi connectivity index (χ4n) is 4.71. The van der Waals surface area contributed by atoms with Crippen molar-refractivity contribution < 1.29 is 19.1 Å². The first kappa shape index (κ1) is 25.6. The van der Waals surface area contributed by atoms with Crippen molar-refractivity contribution in [3.05, 3.63) is 71.3 Å². The number of hydrogen-bond donors (Lipinski definition) is 1. The van der Waals surface area contributed by atoms with Crippen LogP contribution in [0.3, 0.4) is 0 Å². The van der Waals surface area contributed by atoms with Crippen molar-refractivity contribution in [2.45, 2.75) is 65.5 Å². The van der Waals surface area contributed by atoms with Crippen molar-refractivity contribution in [2.75, 3.05) is 13.2 Å². The lowest BCUT2D eigenvalue weighted by Gasteiger charge is -2.34. The number of fused-ring (bicyclic) bond motifs is 1. The predicted molar refractivity (Wildman–Crippen MR) is 139 cm³/mol. The van der Waals surface area contributed by atoms with Gasteiger partial charge in [-0.25, -0.2) is 14.6 Å². The average Bonchev–Trinajstić information content (AvgIpc) is 3.23. The van der Waals surface area contributed by atoms with Gasteiger partial charge >= 0.3 is 11.9 Å². The molecule has 1 aliphatic heterocycles. The molecule has 3 aromatic rings. The van der Waals surface area contributed by atoms with E-state index in [1.165, 1.54) is 0 Å². The van der Waals surface area contributed by atoms with Crippen LogP contribution in [0.25, 0.3) is 16.8 Å². The molecule has 0 amide bonds. The Hall–Kier alpha value is -3.45. The number of aryl methyl sites for hydroxylation is 1. The van der Waals surface area contributed by atoms with Gasteiger partial charge < -0.3 is 9.47 Å². The zero-order valence-electron chi connectivity index (χ0n) is 22.0. The summed E-state index contributed by atoms with van der Waals surface area (Å²) in [4.78, 5) is 30.8. The van der Waals surface area contributed by atoms with E-state index >= 15 is 0 Å². The van der Waals surface area contributed by atoms with Crippen LogP contribution in [-0.2, 0) is 32.6 Å². The minimum Gasteiger partial charge on any atom is -0.464 e. The number of ether oxygens (including phenoxy) is 2. The first-order valence-electron chi connectivity index (χ1n) is 12.6. The molecule has 1 unspecified atom stereocenters. The van der Waals surface area contributed by atoms with Gasteiger partial charge in [0.25, 0.3) is 0 Å². The fourth-order valence-corrected chi connectivity index (χ4v) is 4.71. The molecule has 2 aromatic carbocycles. The van der Waals surface area contributed by atoms with Gasteiger partial charge in [0.1, 0.15) is 11.4 Å². The van der Waals surface area contributed by atoms with Crippen molar-refractivity contribution in [1.82, 2.24) is 14.9 Å². The molecular formula is C29H35N3O4. The van der Waals surface area contributed by atoms with E-state index in [4.69, 9.17) is 14.5 Å². The molecule has 0 fully saturated rings. The van der Waals surface area contributed by atoms with Crippen molar-refractivity contribution in [1.29, 1.82) is 0 Å². The molecule has 0 radical (unpaired) electrons. The maximum absolute atomic E-state index is 13.0. The van der Waals surface area contributed by atoms with Crippen LogP contribution in [0.2, 0.25) is 0 Å². The van der Waals surface area contributed by atoms with E-state index in [2.05, 4.69) is 16.8 Å². The molecule has 1 aliphatic rings. The van der Waals surface area contributed by atoms with Gasteiger partial charge in [0, 0.05) is 25.1 Å². The Kier molecular flexibility index (Phi) is 7.05. The molecular weight excluding hydrogens is 454 g/mol. The summed E-state index contributed by atoms with van der Waals surface area (Å²) in [6.45, 7) is 12.3. The molecule has 190 valence electrons. The van der Waals surface area contributed by atoms with Gasteiger partial charge in [-0.15, -0.1) is 0 Å². The van der Waals surface area contributed by atoms with E-state index < -0.39 is 11.1 Å². The lowest BCUT2D eigenvalue weighted by atomic mass is 9.91. The van der Waals surface area contributed by atoms with E-state index in [1.807, 2.05) is 77.1 Å². The Morgan fingerprint density at radius 3 is 2.42 bits per heavy atom. The van der Waals surface area contributed by atoms with Crippen LogP contribution < -0.4 is 5.32 Å². The van der Waals surface area contributed by atoms with E-state index in [0.717, 1.165) is 46.9 Å². The van der Waals surface area contributed by atoms with Gasteiger partial charge in [-0.05, 0) is 63.9 Å². The number of imidazole rings is 1. The smallest absolute Gasteiger partial charge is 0.339 e. The van der Waals surface area contributed by atoms with E-state index in [1.54, 1.807) is 6.07 Å². The average molecular weight is 490 g/mol. The van der Waals surface area contributed by atoms with E-state index in [-0.39, 0.29) is 11.9 Å². The molecule has 1 aromatic heterocycles. The Labute approximate surface area is 212 Å². The quantitative estimate of drug-likeness (QED) is 0.492. The van der Waals surface area contributed by atoms with Gasteiger partial charge in [0.2, 0.25) is 0 Å². The second-order valence-electron chi connectivity index (χ2n) is 10.1. The maximum Gasteiger partial charge on any atom is 0.339 e. The zero-order valence-corrected chi connectivity index (χ0v) is 22.0. The highest BCUT2D eigenvalue weighted by Crippen LogP contribution is 2.34. The lowest BCUT2D eigenvalue weighted by Crippen LogP contribution is -2.52. The second-order valence-corrected chi connectivity index (χ2v) is 10.1. The summed E-state index contributed by atoms with van der Waals surface area (Å²) in [6, 6.07) is 15.4. The number of carbonyl (C=O) groups excluding carboxylic acids is 2. The third-order valence-electron chi connectivity index (χ3n) is 6.32. The van der Waals surface area contributed by atoms with Crippen LogP contribution in [0, 0.1) is 0 Å². The molecule has 0 bridgehead atoms. The molecule has 2 heterocycles. The molecule has 0 saturated carbocycles. The third kappa shape index (κ3) is 4.80. The maximum atomic E-state index is 13.0. The standard InChI is InChI=1S/C29H35N3O4/c1-7-24-31-23-17-18-30-29(6,27(34)35-8-2)25(23)32(24)20-15-13-19(14-16-20)21-11-9-10-12-22(21)26(33)36-28(3,4)5/h9-16,30H,7-8,17-18H2,1-6H3. The minimum absolute atomic E-state index is 0.308. The summed E-state index contributed by atoms with van der Waals surface area (Å²) in [7, 11) is 0. The Morgan fingerprint density at radius 1 is 1.08 bits per heavy atom. The molecule has 0 aliphatic carbocycles. The monoisotopic (exact) mass is 489 g/mol. The predicted octanol–water partition coefficient (Wildman–Crippen LogP) is 4.98. The number of nitrogens with zero attached hydrogens (tertiary/aromatic N) is 2. The van der Waals surface area contributed by atoms with E-state index in [0.29, 0.717) is 18.7 Å². The minimum atomic E-state index is -0.994. The van der Waals surface area contributed by atoms with Crippen LogP contribution in [0.15, 0.2) is 48.5 Å². The molecule has 1 N–H and O–H groups in total. The first-order valence-corrected chi connectivity index (χ1v) is 12.6. The summed E-state index contributed by atoms with van der Waals surface area (Å²) < 4.78 is 13.1. The highest BCUT2D eigenvalue weighted by atomic mass is 16.6. The highest BCUT2D eigenvalue weighted by molar-refractivity contribution is 5.97. The number of hydrogen-bond acceptors (Lipinski definition) is 6. The largest absolute Gasteiger partial charge is 0.464 e.